The minimum absolute atomic E-state index is 0.381. The first-order chi connectivity index (χ1) is 4.57. The van der Waals surface area contributed by atoms with Crippen molar-refractivity contribution in [3.05, 3.63) is 12.2 Å². The van der Waals surface area contributed by atoms with Gasteiger partial charge in [-0.3, -0.25) is 4.79 Å². The van der Waals surface area contributed by atoms with Crippen LogP contribution in [0.15, 0.2) is 12.2 Å². The van der Waals surface area contributed by atoms with Gasteiger partial charge in [-0.25, -0.2) is 0 Å². The molecule has 0 rings (SSSR count). The summed E-state index contributed by atoms with van der Waals surface area (Å²) in [6, 6.07) is -0.785. The molecule has 0 aliphatic carbocycles. The van der Waals surface area contributed by atoms with Gasteiger partial charge in [0.15, 0.2) is 0 Å². The van der Waals surface area contributed by atoms with Crippen molar-refractivity contribution in [2.75, 3.05) is 0 Å². The van der Waals surface area contributed by atoms with Crippen molar-refractivity contribution >= 4 is 5.97 Å². The fourth-order valence-electron chi connectivity index (χ4n) is 0.543. The zero-order valence-corrected chi connectivity index (χ0v) is 6.13. The maximum atomic E-state index is 10.2. The normalized spacial score (nSPS) is 12.6. The van der Waals surface area contributed by atoms with Crippen molar-refractivity contribution in [1.29, 1.82) is 0 Å². The number of nitrogens with two attached hydrogens (primary N) is 1. The summed E-state index contributed by atoms with van der Waals surface area (Å²) in [6.07, 6.45) is 1.17. The Balaban J connectivity index is 3.68. The van der Waals surface area contributed by atoms with Crippen LogP contribution in [0, 0.1) is 0 Å². The molecular formula is C7H13NO2. The topological polar surface area (TPSA) is 63.3 Å². The molecule has 0 amide bonds. The van der Waals surface area contributed by atoms with Crippen molar-refractivity contribution in [1.82, 2.24) is 0 Å². The van der Waals surface area contributed by atoms with E-state index in [9.17, 15) is 4.79 Å². The number of carboxylic acid groups (broad SMARTS) is 1. The monoisotopic (exact) mass is 143 g/mol. The molecule has 0 unspecified atom stereocenters. The number of aliphatic carboxylic acids is 1. The molecule has 0 aromatic heterocycles. The largest absolute Gasteiger partial charge is 0.480 e. The second-order valence-electron chi connectivity index (χ2n) is 2.25. The highest BCUT2D eigenvalue weighted by Crippen LogP contribution is 2.04. The van der Waals surface area contributed by atoms with Gasteiger partial charge in [-0.15, -0.1) is 0 Å². The van der Waals surface area contributed by atoms with E-state index in [4.69, 9.17) is 10.8 Å². The predicted octanol–water partition coefficient (Wildman–Crippen LogP) is 0.755. The number of hydrogen-bond donors (Lipinski definition) is 2. The zero-order chi connectivity index (χ0) is 8.15. The van der Waals surface area contributed by atoms with Gasteiger partial charge in [-0.1, -0.05) is 19.1 Å². The zero-order valence-electron chi connectivity index (χ0n) is 6.13. The highest BCUT2D eigenvalue weighted by atomic mass is 16.4. The van der Waals surface area contributed by atoms with Gasteiger partial charge < -0.3 is 10.8 Å². The molecule has 0 fully saturated rings. The fourth-order valence-corrected chi connectivity index (χ4v) is 0.543. The molecule has 0 heterocycles. The Hall–Kier alpha value is -0.830. The summed E-state index contributed by atoms with van der Waals surface area (Å²) in [4.78, 5) is 10.2. The molecule has 0 aromatic carbocycles. The number of carbonyl (C=O) groups is 1. The first-order valence-corrected chi connectivity index (χ1v) is 3.23. The third kappa shape index (κ3) is 3.25. The van der Waals surface area contributed by atoms with E-state index in [1.54, 1.807) is 0 Å². The summed E-state index contributed by atoms with van der Waals surface area (Å²) in [5.74, 6) is -0.963. The smallest absolute Gasteiger partial charge is 0.320 e. The van der Waals surface area contributed by atoms with Crippen LogP contribution in [0.4, 0.5) is 0 Å². The van der Waals surface area contributed by atoms with Crippen LogP contribution in [0.1, 0.15) is 19.8 Å². The molecule has 0 aliphatic heterocycles. The molecule has 0 saturated carbocycles. The van der Waals surface area contributed by atoms with Crippen LogP contribution >= 0.6 is 0 Å². The summed E-state index contributed by atoms with van der Waals surface area (Å²) < 4.78 is 0. The summed E-state index contributed by atoms with van der Waals surface area (Å²) in [6.45, 7) is 5.58. The van der Waals surface area contributed by atoms with Crippen LogP contribution in [0.2, 0.25) is 0 Å². The van der Waals surface area contributed by atoms with E-state index < -0.39 is 12.0 Å². The molecule has 0 aromatic rings. The molecule has 58 valence electrons. The van der Waals surface area contributed by atoms with E-state index in [1.807, 2.05) is 6.92 Å². The summed E-state index contributed by atoms with van der Waals surface area (Å²) >= 11 is 0. The molecule has 10 heavy (non-hydrogen) atoms. The molecular weight excluding hydrogens is 130 g/mol. The standard InChI is InChI=1S/C7H13NO2/c1-3-5(2)4-6(8)7(9)10/h6H,2-4,8H2,1H3,(H,9,10)/t6-/m1/s1. The molecule has 0 bridgehead atoms. The van der Waals surface area contributed by atoms with Gasteiger partial charge in [0.25, 0.3) is 0 Å². The van der Waals surface area contributed by atoms with E-state index >= 15 is 0 Å². The molecule has 0 radical (unpaired) electrons. The Bertz CT molecular complexity index is 143. The minimum atomic E-state index is -0.963. The molecule has 0 spiro atoms. The highest BCUT2D eigenvalue weighted by Gasteiger charge is 2.10. The van der Waals surface area contributed by atoms with Crippen molar-refractivity contribution < 1.29 is 9.90 Å². The van der Waals surface area contributed by atoms with Crippen LogP contribution in [0.3, 0.4) is 0 Å². The van der Waals surface area contributed by atoms with Crippen molar-refractivity contribution in [3.63, 3.8) is 0 Å². The average Bonchev–Trinajstić information content (AvgIpc) is 1.87. The SMILES string of the molecule is C=C(CC)C[C@@H](N)C(=O)O. The number of hydrogen-bond acceptors (Lipinski definition) is 2. The number of carboxylic acids is 1. The molecule has 1 atom stereocenters. The third-order valence-corrected chi connectivity index (χ3v) is 1.33. The summed E-state index contributed by atoms with van der Waals surface area (Å²) in [5, 5.41) is 8.36. The summed E-state index contributed by atoms with van der Waals surface area (Å²) in [7, 11) is 0. The van der Waals surface area contributed by atoms with E-state index in [0.29, 0.717) is 6.42 Å². The Morgan fingerprint density at radius 1 is 1.80 bits per heavy atom. The molecule has 0 aliphatic rings. The lowest BCUT2D eigenvalue weighted by Crippen LogP contribution is -2.30. The second kappa shape index (κ2) is 4.06. The molecule has 3 heteroatoms. The van der Waals surface area contributed by atoms with Crippen LogP contribution in [0.25, 0.3) is 0 Å². The van der Waals surface area contributed by atoms with Gasteiger partial charge in [0, 0.05) is 0 Å². The van der Waals surface area contributed by atoms with Gasteiger partial charge >= 0.3 is 5.97 Å². The van der Waals surface area contributed by atoms with Crippen LogP contribution in [-0.4, -0.2) is 17.1 Å². The van der Waals surface area contributed by atoms with Crippen molar-refractivity contribution in [3.8, 4) is 0 Å². The van der Waals surface area contributed by atoms with Gasteiger partial charge in [-0.05, 0) is 12.8 Å². The summed E-state index contributed by atoms with van der Waals surface area (Å²) in [5.41, 5.74) is 6.12. The molecule has 3 N–H and O–H groups in total. The van der Waals surface area contributed by atoms with E-state index in [2.05, 4.69) is 6.58 Å². The lowest BCUT2D eigenvalue weighted by atomic mass is 10.1. The highest BCUT2D eigenvalue weighted by molar-refractivity contribution is 5.73. The lowest BCUT2D eigenvalue weighted by Gasteiger charge is -2.05. The fraction of sp³-hybridized carbons (Fsp3) is 0.571. The van der Waals surface area contributed by atoms with Crippen LogP contribution < -0.4 is 5.73 Å². The minimum Gasteiger partial charge on any atom is -0.480 e. The van der Waals surface area contributed by atoms with Crippen LogP contribution in [-0.2, 0) is 4.79 Å². The third-order valence-electron chi connectivity index (χ3n) is 1.33. The van der Waals surface area contributed by atoms with E-state index in [-0.39, 0.29) is 0 Å². The van der Waals surface area contributed by atoms with Crippen molar-refractivity contribution in [2.45, 2.75) is 25.8 Å². The average molecular weight is 143 g/mol. The Morgan fingerprint density at radius 2 is 2.30 bits per heavy atom. The second-order valence-corrected chi connectivity index (χ2v) is 2.25. The van der Waals surface area contributed by atoms with Gasteiger partial charge in [0.05, 0.1) is 0 Å². The van der Waals surface area contributed by atoms with Crippen molar-refractivity contribution in [2.24, 2.45) is 5.73 Å². The lowest BCUT2D eigenvalue weighted by molar-refractivity contribution is -0.138. The van der Waals surface area contributed by atoms with Crippen LogP contribution in [0.5, 0.6) is 0 Å². The quantitative estimate of drug-likeness (QED) is 0.571. The van der Waals surface area contributed by atoms with Gasteiger partial charge in [0.2, 0.25) is 0 Å². The predicted molar refractivity (Wildman–Crippen MR) is 39.7 cm³/mol. The van der Waals surface area contributed by atoms with Gasteiger partial charge in [-0.2, -0.15) is 0 Å². The van der Waals surface area contributed by atoms with Gasteiger partial charge in [0.1, 0.15) is 6.04 Å². The Kier molecular flexibility index (Phi) is 3.72. The first-order valence-electron chi connectivity index (χ1n) is 3.23. The first kappa shape index (κ1) is 9.17. The van der Waals surface area contributed by atoms with E-state index in [0.717, 1.165) is 12.0 Å². The number of rotatable bonds is 4. The Labute approximate surface area is 60.5 Å². The Morgan fingerprint density at radius 3 is 2.60 bits per heavy atom. The van der Waals surface area contributed by atoms with E-state index in [1.165, 1.54) is 0 Å². The maximum Gasteiger partial charge on any atom is 0.320 e. The molecule has 0 saturated heterocycles. The maximum absolute atomic E-state index is 10.2. The molecule has 3 nitrogen and oxygen atoms in total.